The molecule has 3 aromatic carbocycles. The predicted octanol–water partition coefficient (Wildman–Crippen LogP) is 3.01. The molecule has 0 saturated carbocycles. The van der Waals surface area contributed by atoms with E-state index in [0.717, 1.165) is 0 Å². The lowest BCUT2D eigenvalue weighted by molar-refractivity contribution is -0.251. The Morgan fingerprint density at radius 1 is 0.618 bits per heavy atom. The molecule has 1 heterocycles. The van der Waals surface area contributed by atoms with Crippen molar-refractivity contribution in [3.63, 3.8) is 0 Å². The minimum atomic E-state index is -1.60. The van der Waals surface area contributed by atoms with E-state index >= 15 is 0 Å². The predicted molar refractivity (Wildman–Crippen MR) is 119 cm³/mol. The van der Waals surface area contributed by atoms with Crippen LogP contribution in [0.2, 0.25) is 0 Å². The van der Waals surface area contributed by atoms with Gasteiger partial charge in [-0.05, 0) is 36.4 Å². The van der Waals surface area contributed by atoms with Gasteiger partial charge in [0, 0.05) is 0 Å². The second-order valence-electron chi connectivity index (χ2n) is 7.51. The van der Waals surface area contributed by atoms with Gasteiger partial charge in [-0.1, -0.05) is 54.6 Å². The van der Waals surface area contributed by atoms with Gasteiger partial charge < -0.3 is 24.1 Å². The molecule has 0 aliphatic carbocycles. The van der Waals surface area contributed by atoms with Crippen molar-refractivity contribution in [1.29, 1.82) is 0 Å². The van der Waals surface area contributed by atoms with Gasteiger partial charge in [-0.15, -0.1) is 0 Å². The van der Waals surface area contributed by atoms with Crippen LogP contribution in [0, 0.1) is 0 Å². The van der Waals surface area contributed by atoms with Gasteiger partial charge in [0.15, 0.2) is 24.6 Å². The Labute approximate surface area is 195 Å². The first-order valence-corrected chi connectivity index (χ1v) is 10.6. The van der Waals surface area contributed by atoms with Crippen molar-refractivity contribution in [3.05, 3.63) is 108 Å². The maximum Gasteiger partial charge on any atom is 0.338 e. The van der Waals surface area contributed by atoms with E-state index in [-0.39, 0.29) is 23.3 Å². The Hall–Kier alpha value is -4.01. The van der Waals surface area contributed by atoms with Gasteiger partial charge >= 0.3 is 17.9 Å². The van der Waals surface area contributed by atoms with Crippen molar-refractivity contribution in [2.45, 2.75) is 24.6 Å². The maximum atomic E-state index is 12.8. The largest absolute Gasteiger partial charge is 0.452 e. The summed E-state index contributed by atoms with van der Waals surface area (Å²) in [4.78, 5) is 38.1. The molecule has 3 aromatic rings. The lowest BCUT2D eigenvalue weighted by atomic mass is 10.0. The first kappa shape index (κ1) is 23.2. The summed E-state index contributed by atoms with van der Waals surface area (Å²) in [7, 11) is 0. The number of hydrogen-bond acceptors (Lipinski definition) is 8. The van der Waals surface area contributed by atoms with Crippen molar-refractivity contribution < 1.29 is 38.4 Å². The molecular formula is C26H22O8. The van der Waals surface area contributed by atoms with Crippen LogP contribution in [0.3, 0.4) is 0 Å². The zero-order valence-electron chi connectivity index (χ0n) is 18.0. The van der Waals surface area contributed by atoms with E-state index in [4.69, 9.17) is 18.9 Å². The normalized spacial score (nSPS) is 21.8. The van der Waals surface area contributed by atoms with E-state index in [1.165, 1.54) is 12.1 Å². The molecule has 8 heteroatoms. The number of carbonyl (C=O) groups is 3. The summed E-state index contributed by atoms with van der Waals surface area (Å²) in [5.41, 5.74) is 0.746. The van der Waals surface area contributed by atoms with Crippen molar-refractivity contribution >= 4 is 17.9 Å². The standard InChI is InChI=1S/C26H22O8/c27-23(17-10-4-1-5-11-17)32-20-16-31-26(30)22(34-25(29)19-14-8-3-9-15-19)21(20)33-24(28)18-12-6-2-7-13-18/h1-15,20-22,26,30H,16H2/t20-,21-,22-,26-/m1/s1. The molecule has 1 saturated heterocycles. The number of hydrogen-bond donors (Lipinski definition) is 1. The third-order valence-electron chi connectivity index (χ3n) is 5.18. The number of esters is 3. The number of aliphatic hydroxyl groups is 1. The number of carbonyl (C=O) groups excluding carboxylic acids is 3. The molecule has 0 spiro atoms. The molecule has 34 heavy (non-hydrogen) atoms. The fraction of sp³-hybridized carbons (Fsp3) is 0.192. The van der Waals surface area contributed by atoms with Gasteiger partial charge in [-0.2, -0.15) is 0 Å². The van der Waals surface area contributed by atoms with Crippen LogP contribution in [0.5, 0.6) is 0 Å². The molecule has 1 fully saturated rings. The van der Waals surface area contributed by atoms with Gasteiger partial charge in [-0.3, -0.25) is 0 Å². The van der Waals surface area contributed by atoms with Gasteiger partial charge in [0.1, 0.15) is 0 Å². The first-order chi connectivity index (χ1) is 16.5. The summed E-state index contributed by atoms with van der Waals surface area (Å²) in [5.74, 6) is -2.18. The van der Waals surface area contributed by atoms with E-state index in [2.05, 4.69) is 0 Å². The van der Waals surface area contributed by atoms with Crippen LogP contribution in [0.25, 0.3) is 0 Å². The van der Waals surface area contributed by atoms with E-state index in [1.54, 1.807) is 78.9 Å². The highest BCUT2D eigenvalue weighted by Crippen LogP contribution is 2.25. The summed E-state index contributed by atoms with van der Waals surface area (Å²) in [6, 6.07) is 24.5. The Morgan fingerprint density at radius 2 is 1.00 bits per heavy atom. The van der Waals surface area contributed by atoms with E-state index < -0.39 is 42.5 Å². The Morgan fingerprint density at radius 3 is 1.44 bits per heavy atom. The van der Waals surface area contributed by atoms with Crippen molar-refractivity contribution in [1.82, 2.24) is 0 Å². The van der Waals surface area contributed by atoms with Gasteiger partial charge in [0.2, 0.25) is 0 Å². The zero-order valence-corrected chi connectivity index (χ0v) is 18.0. The molecule has 0 bridgehead atoms. The van der Waals surface area contributed by atoms with Crippen LogP contribution in [0.4, 0.5) is 0 Å². The third kappa shape index (κ3) is 5.48. The van der Waals surface area contributed by atoms with Crippen LogP contribution in [0.15, 0.2) is 91.0 Å². The molecule has 0 aromatic heterocycles. The Bertz CT molecular complexity index is 1120. The quantitative estimate of drug-likeness (QED) is 0.440. The molecule has 1 aliphatic heterocycles. The summed E-state index contributed by atoms with van der Waals surface area (Å²) >= 11 is 0. The lowest BCUT2D eigenvalue weighted by Crippen LogP contribution is -2.57. The van der Waals surface area contributed by atoms with Crippen LogP contribution in [-0.2, 0) is 18.9 Å². The van der Waals surface area contributed by atoms with Crippen LogP contribution >= 0.6 is 0 Å². The molecule has 4 rings (SSSR count). The Kier molecular flexibility index (Phi) is 7.31. The van der Waals surface area contributed by atoms with E-state index in [1.807, 2.05) is 0 Å². The molecule has 1 aliphatic rings. The number of ether oxygens (including phenoxy) is 4. The second kappa shape index (κ2) is 10.7. The van der Waals surface area contributed by atoms with Gasteiger partial charge in [-0.25, -0.2) is 14.4 Å². The van der Waals surface area contributed by atoms with Crippen molar-refractivity contribution in [2.24, 2.45) is 0 Å². The highest BCUT2D eigenvalue weighted by Gasteiger charge is 2.47. The first-order valence-electron chi connectivity index (χ1n) is 10.6. The van der Waals surface area contributed by atoms with E-state index in [0.29, 0.717) is 0 Å². The molecular weight excluding hydrogens is 440 g/mol. The SMILES string of the molecule is O=C(O[C@@H]1[C@H](OC(=O)c2ccccc2)[C@H](OC(=O)c2ccccc2)CO[C@H]1O)c1ccccc1. The molecule has 1 N–H and O–H groups in total. The highest BCUT2D eigenvalue weighted by atomic mass is 16.7. The molecule has 174 valence electrons. The van der Waals surface area contributed by atoms with Crippen LogP contribution in [0.1, 0.15) is 31.1 Å². The summed E-state index contributed by atoms with van der Waals surface area (Å²) in [5, 5.41) is 10.5. The van der Waals surface area contributed by atoms with E-state index in [9.17, 15) is 19.5 Å². The average Bonchev–Trinajstić information content (AvgIpc) is 2.89. The number of rotatable bonds is 6. The lowest BCUT2D eigenvalue weighted by Gasteiger charge is -2.38. The zero-order chi connectivity index (χ0) is 23.9. The minimum Gasteiger partial charge on any atom is -0.452 e. The second-order valence-corrected chi connectivity index (χ2v) is 7.51. The summed E-state index contributed by atoms with van der Waals surface area (Å²) < 4.78 is 21.9. The highest BCUT2D eigenvalue weighted by molar-refractivity contribution is 5.91. The molecule has 0 unspecified atom stereocenters. The van der Waals surface area contributed by atoms with Gasteiger partial charge in [0.25, 0.3) is 0 Å². The monoisotopic (exact) mass is 462 g/mol. The minimum absolute atomic E-state index is 0.228. The molecule has 4 atom stereocenters. The molecule has 0 amide bonds. The molecule has 0 radical (unpaired) electrons. The summed E-state index contributed by atoms with van der Waals surface area (Å²) in [6.45, 7) is -0.272. The summed E-state index contributed by atoms with van der Waals surface area (Å²) in [6.07, 6.45) is -5.51. The average molecular weight is 462 g/mol. The number of aliphatic hydroxyl groups excluding tert-OH is 1. The van der Waals surface area contributed by atoms with Crippen molar-refractivity contribution in [2.75, 3.05) is 6.61 Å². The third-order valence-corrected chi connectivity index (χ3v) is 5.18. The fourth-order valence-corrected chi connectivity index (χ4v) is 3.44. The van der Waals surface area contributed by atoms with Gasteiger partial charge in [0.05, 0.1) is 23.3 Å². The Balaban J connectivity index is 1.59. The van der Waals surface area contributed by atoms with Crippen LogP contribution < -0.4 is 0 Å². The topological polar surface area (TPSA) is 108 Å². The fourth-order valence-electron chi connectivity index (χ4n) is 3.44. The van der Waals surface area contributed by atoms with Crippen molar-refractivity contribution in [3.8, 4) is 0 Å². The smallest absolute Gasteiger partial charge is 0.338 e. The molecule has 8 nitrogen and oxygen atoms in total. The number of benzene rings is 3. The van der Waals surface area contributed by atoms with Crippen LogP contribution in [-0.4, -0.2) is 54.2 Å². The maximum absolute atomic E-state index is 12.8.